The Morgan fingerprint density at radius 1 is 1.12 bits per heavy atom. The topological polar surface area (TPSA) is 29.3 Å². The minimum absolute atomic E-state index is 0.484. The Labute approximate surface area is 111 Å². The number of nitrogens with two attached hydrogens (primary N) is 1. The molecule has 2 aliphatic rings. The number of hydrogen-bond acceptors (Lipinski definition) is 3. The van der Waals surface area contributed by atoms with E-state index >= 15 is 0 Å². The number of hydrogen-bond donors (Lipinski definition) is 1. The molecule has 2 fully saturated rings. The van der Waals surface area contributed by atoms with Crippen molar-refractivity contribution >= 4 is 11.8 Å². The zero-order chi connectivity index (χ0) is 12.1. The smallest absolute Gasteiger partial charge is 0.0113 e. The highest BCUT2D eigenvalue weighted by Gasteiger charge is 2.36. The largest absolute Gasteiger partial charge is 0.328 e. The summed E-state index contributed by atoms with van der Waals surface area (Å²) < 4.78 is 0. The van der Waals surface area contributed by atoms with Crippen molar-refractivity contribution in [2.45, 2.75) is 69.5 Å². The predicted octanol–water partition coefficient (Wildman–Crippen LogP) is 2.86. The van der Waals surface area contributed by atoms with Crippen LogP contribution in [0.15, 0.2) is 0 Å². The summed E-state index contributed by atoms with van der Waals surface area (Å²) in [5.74, 6) is 1.33. The second-order valence-electron chi connectivity index (χ2n) is 5.76. The maximum atomic E-state index is 6.15. The molecule has 0 saturated carbocycles. The van der Waals surface area contributed by atoms with E-state index < -0.39 is 0 Å². The number of thioether (sulfide) groups is 1. The molecule has 0 aromatic rings. The van der Waals surface area contributed by atoms with Crippen molar-refractivity contribution in [3.05, 3.63) is 0 Å². The Morgan fingerprint density at radius 3 is 2.47 bits per heavy atom. The fourth-order valence-electron chi connectivity index (χ4n) is 3.60. The molecule has 2 atom stereocenters. The second-order valence-corrected chi connectivity index (χ2v) is 6.75. The molecular formula is C14H28N2S. The highest BCUT2D eigenvalue weighted by molar-refractivity contribution is 7.98. The van der Waals surface area contributed by atoms with Gasteiger partial charge in [-0.25, -0.2) is 0 Å². The summed E-state index contributed by atoms with van der Waals surface area (Å²) in [6, 6.07) is 2.12. The molecule has 0 amide bonds. The van der Waals surface area contributed by atoms with Gasteiger partial charge in [0.1, 0.15) is 0 Å². The quantitative estimate of drug-likeness (QED) is 0.741. The summed E-state index contributed by atoms with van der Waals surface area (Å²) in [5, 5.41) is 0. The maximum absolute atomic E-state index is 6.15. The zero-order valence-corrected chi connectivity index (χ0v) is 12.1. The van der Waals surface area contributed by atoms with E-state index in [0.717, 1.165) is 12.1 Å². The Balaban J connectivity index is 1.72. The highest BCUT2D eigenvalue weighted by atomic mass is 32.2. The van der Waals surface area contributed by atoms with Crippen LogP contribution in [-0.2, 0) is 0 Å². The summed E-state index contributed by atoms with van der Waals surface area (Å²) in [6.45, 7) is 1.33. The first-order valence-electron chi connectivity index (χ1n) is 7.31. The molecule has 0 radical (unpaired) electrons. The molecule has 0 aromatic heterocycles. The average Bonchev–Trinajstić information content (AvgIpc) is 2.29. The summed E-state index contributed by atoms with van der Waals surface area (Å²) in [5.41, 5.74) is 6.15. The van der Waals surface area contributed by atoms with Crippen LogP contribution >= 0.6 is 11.8 Å². The molecule has 3 heteroatoms. The van der Waals surface area contributed by atoms with E-state index in [1.807, 2.05) is 11.8 Å². The van der Waals surface area contributed by atoms with Gasteiger partial charge < -0.3 is 5.73 Å². The lowest BCUT2D eigenvalue weighted by Gasteiger charge is -2.48. The number of unbranched alkanes of at least 4 members (excludes halogenated alkanes) is 2. The van der Waals surface area contributed by atoms with Gasteiger partial charge in [0, 0.05) is 18.1 Å². The van der Waals surface area contributed by atoms with Gasteiger partial charge in [-0.05, 0) is 57.1 Å². The summed E-state index contributed by atoms with van der Waals surface area (Å²) in [7, 11) is 0. The summed E-state index contributed by atoms with van der Waals surface area (Å²) >= 11 is 1.97. The van der Waals surface area contributed by atoms with Gasteiger partial charge in [-0.3, -0.25) is 4.90 Å². The van der Waals surface area contributed by atoms with E-state index in [1.165, 1.54) is 63.7 Å². The number of rotatable bonds is 6. The van der Waals surface area contributed by atoms with Crippen LogP contribution in [0.2, 0.25) is 0 Å². The van der Waals surface area contributed by atoms with Gasteiger partial charge in [-0.2, -0.15) is 11.8 Å². The lowest BCUT2D eigenvalue weighted by Crippen LogP contribution is -2.55. The molecule has 2 N–H and O–H groups in total. The van der Waals surface area contributed by atoms with E-state index in [1.54, 1.807) is 0 Å². The van der Waals surface area contributed by atoms with E-state index in [0.29, 0.717) is 6.04 Å². The van der Waals surface area contributed by atoms with Crippen molar-refractivity contribution in [3.63, 3.8) is 0 Å². The van der Waals surface area contributed by atoms with Crippen LogP contribution < -0.4 is 5.73 Å². The fourth-order valence-corrected chi connectivity index (χ4v) is 4.10. The molecule has 0 aliphatic carbocycles. The number of nitrogens with zero attached hydrogens (tertiary/aromatic N) is 1. The van der Waals surface area contributed by atoms with Crippen LogP contribution in [0.5, 0.6) is 0 Å². The van der Waals surface area contributed by atoms with Gasteiger partial charge in [0.2, 0.25) is 0 Å². The third-order valence-corrected chi connectivity index (χ3v) is 5.12. The summed E-state index contributed by atoms with van der Waals surface area (Å²) in [4.78, 5) is 2.80. The fraction of sp³-hybridized carbons (Fsp3) is 1.00. The van der Waals surface area contributed by atoms with Gasteiger partial charge >= 0.3 is 0 Å². The van der Waals surface area contributed by atoms with E-state index in [-0.39, 0.29) is 0 Å². The van der Waals surface area contributed by atoms with Crippen LogP contribution in [0.3, 0.4) is 0 Å². The first-order valence-corrected chi connectivity index (χ1v) is 8.71. The van der Waals surface area contributed by atoms with Gasteiger partial charge in [0.25, 0.3) is 0 Å². The second kappa shape index (κ2) is 7.01. The first kappa shape index (κ1) is 13.7. The Hall–Kier alpha value is 0.270. The molecule has 100 valence electrons. The molecule has 2 nitrogen and oxygen atoms in total. The molecular weight excluding hydrogens is 228 g/mol. The van der Waals surface area contributed by atoms with Crippen molar-refractivity contribution in [1.82, 2.24) is 4.90 Å². The minimum atomic E-state index is 0.484. The molecule has 0 aromatic carbocycles. The van der Waals surface area contributed by atoms with Gasteiger partial charge in [0.05, 0.1) is 0 Å². The van der Waals surface area contributed by atoms with Gasteiger partial charge in [-0.15, -0.1) is 0 Å². The van der Waals surface area contributed by atoms with Gasteiger partial charge in [0.15, 0.2) is 0 Å². The third-order valence-electron chi connectivity index (χ3n) is 4.43. The Bertz CT molecular complexity index is 208. The van der Waals surface area contributed by atoms with Crippen LogP contribution in [0.1, 0.15) is 51.4 Å². The third kappa shape index (κ3) is 3.87. The standard InChI is InChI=1S/C14H28N2S/c1-17-9-4-2-3-8-16-13-6-5-7-14(16)11-12(15)10-13/h12-14H,2-11,15H2,1H3. The van der Waals surface area contributed by atoms with Crippen molar-refractivity contribution in [1.29, 1.82) is 0 Å². The zero-order valence-electron chi connectivity index (χ0n) is 11.2. The number of piperidine rings is 2. The molecule has 0 spiro atoms. The minimum Gasteiger partial charge on any atom is -0.328 e. The predicted molar refractivity (Wildman–Crippen MR) is 77.6 cm³/mol. The van der Waals surface area contributed by atoms with Crippen molar-refractivity contribution in [3.8, 4) is 0 Å². The van der Waals surface area contributed by atoms with Crippen molar-refractivity contribution in [2.24, 2.45) is 5.73 Å². The van der Waals surface area contributed by atoms with E-state index in [2.05, 4.69) is 11.2 Å². The number of fused-ring (bicyclic) bond motifs is 2. The molecule has 2 bridgehead atoms. The summed E-state index contributed by atoms with van der Waals surface area (Å²) in [6.07, 6.45) is 13.1. The lowest BCUT2D eigenvalue weighted by molar-refractivity contribution is 0.0303. The van der Waals surface area contributed by atoms with Crippen LogP contribution in [0, 0.1) is 0 Å². The van der Waals surface area contributed by atoms with Crippen LogP contribution in [-0.4, -0.2) is 41.6 Å². The van der Waals surface area contributed by atoms with E-state index in [4.69, 9.17) is 5.73 Å². The normalized spacial score (nSPS) is 33.9. The SMILES string of the molecule is CSCCCCCN1C2CCCC1CC(N)C2. The van der Waals surface area contributed by atoms with E-state index in [9.17, 15) is 0 Å². The van der Waals surface area contributed by atoms with Crippen LogP contribution in [0.4, 0.5) is 0 Å². The van der Waals surface area contributed by atoms with Gasteiger partial charge in [-0.1, -0.05) is 12.8 Å². The molecule has 2 rings (SSSR count). The average molecular weight is 256 g/mol. The van der Waals surface area contributed by atoms with Crippen LogP contribution in [0.25, 0.3) is 0 Å². The molecule has 2 saturated heterocycles. The Morgan fingerprint density at radius 2 is 1.82 bits per heavy atom. The Kier molecular flexibility index (Phi) is 5.64. The maximum Gasteiger partial charge on any atom is 0.0113 e. The first-order chi connectivity index (χ1) is 8.31. The molecule has 2 heterocycles. The highest BCUT2D eigenvalue weighted by Crippen LogP contribution is 2.33. The molecule has 17 heavy (non-hydrogen) atoms. The van der Waals surface area contributed by atoms with Crippen molar-refractivity contribution < 1.29 is 0 Å². The molecule has 2 unspecified atom stereocenters. The molecule has 2 aliphatic heterocycles. The monoisotopic (exact) mass is 256 g/mol. The van der Waals surface area contributed by atoms with Crippen molar-refractivity contribution in [2.75, 3.05) is 18.6 Å². The lowest BCUT2D eigenvalue weighted by atomic mass is 9.82.